The average molecular weight is 558 g/mol. The molecule has 196 valence electrons. The maximum absolute atomic E-state index is 14.3. The second kappa shape index (κ2) is 9.65. The van der Waals surface area contributed by atoms with Crippen LogP contribution in [0.3, 0.4) is 0 Å². The van der Waals surface area contributed by atoms with Crippen LogP contribution in [-0.2, 0) is 23.5 Å². The number of aromatic nitrogens is 1. The highest BCUT2D eigenvalue weighted by Gasteiger charge is 2.63. The third kappa shape index (κ3) is 4.68. The molecular weight excluding hydrogens is 537 g/mol. The summed E-state index contributed by atoms with van der Waals surface area (Å²) in [6, 6.07) is 5.33. The van der Waals surface area contributed by atoms with Gasteiger partial charge in [0, 0.05) is 24.8 Å². The van der Waals surface area contributed by atoms with Crippen molar-refractivity contribution < 1.29 is 27.2 Å². The number of amides is 1. The number of fused-ring (bicyclic) bond motifs is 1. The van der Waals surface area contributed by atoms with Gasteiger partial charge in [-0.2, -0.15) is 18.4 Å². The summed E-state index contributed by atoms with van der Waals surface area (Å²) < 4.78 is 56.7. The van der Waals surface area contributed by atoms with E-state index < -0.39 is 51.1 Å². The fourth-order valence-corrected chi connectivity index (χ4v) is 4.82. The molecule has 0 saturated carbocycles. The maximum atomic E-state index is 14.3. The second-order valence-corrected chi connectivity index (χ2v) is 9.72. The highest BCUT2D eigenvalue weighted by atomic mass is 35.5. The van der Waals surface area contributed by atoms with E-state index in [9.17, 15) is 27.6 Å². The van der Waals surface area contributed by atoms with Crippen molar-refractivity contribution in [1.82, 2.24) is 15.2 Å². The van der Waals surface area contributed by atoms with Gasteiger partial charge in [0.05, 0.1) is 22.5 Å². The summed E-state index contributed by atoms with van der Waals surface area (Å²) in [5, 5.41) is 14.8. The standard InChI is InChI=1S/C24H21Cl2F4N5O2/c1-3-22(4-2,12-31)33-21(36)18-5-13-10-35(11-14(13)9-32-18)19-8-23(37-34-19,24(28,29)30)15-6-16(25)20(27)17(26)7-15/h5-7,9H,3-4,8,10-11H2,1-2H3,(H,33,36). The molecule has 0 saturated heterocycles. The number of carbonyl (C=O) groups is 1. The predicted molar refractivity (Wildman–Crippen MR) is 127 cm³/mol. The van der Waals surface area contributed by atoms with Gasteiger partial charge in [-0.05, 0) is 42.2 Å². The van der Waals surface area contributed by atoms with Crippen LogP contribution in [-0.4, -0.2) is 33.3 Å². The van der Waals surface area contributed by atoms with E-state index in [2.05, 4.69) is 21.5 Å². The molecule has 0 bridgehead atoms. The molecule has 2 aliphatic heterocycles. The Morgan fingerprint density at radius 2 is 1.81 bits per heavy atom. The number of benzene rings is 1. The van der Waals surface area contributed by atoms with Crippen molar-refractivity contribution in [2.75, 3.05) is 0 Å². The first-order chi connectivity index (χ1) is 17.4. The van der Waals surface area contributed by atoms with Crippen LogP contribution < -0.4 is 5.32 Å². The normalized spacial score (nSPS) is 19.2. The molecule has 37 heavy (non-hydrogen) atoms. The molecule has 1 N–H and O–H groups in total. The number of alkyl halides is 3. The number of nitrogens with zero attached hydrogens (tertiary/aromatic N) is 4. The van der Waals surface area contributed by atoms with Gasteiger partial charge in [0.15, 0.2) is 5.82 Å². The first-order valence-corrected chi connectivity index (χ1v) is 12.1. The summed E-state index contributed by atoms with van der Waals surface area (Å²) in [5.41, 5.74) is -2.92. The fraction of sp³-hybridized carbons (Fsp3) is 0.417. The molecule has 1 atom stereocenters. The molecular formula is C24H21Cl2F4N5O2. The largest absolute Gasteiger partial charge is 0.435 e. The number of hydrogen-bond donors (Lipinski definition) is 1. The molecule has 7 nitrogen and oxygen atoms in total. The summed E-state index contributed by atoms with van der Waals surface area (Å²) in [7, 11) is 0. The first-order valence-electron chi connectivity index (χ1n) is 11.3. The molecule has 2 aromatic rings. The highest BCUT2D eigenvalue weighted by Crippen LogP contribution is 2.50. The number of oxime groups is 1. The first kappa shape index (κ1) is 26.9. The van der Waals surface area contributed by atoms with E-state index in [-0.39, 0.29) is 24.6 Å². The molecule has 0 radical (unpaired) electrons. The zero-order valence-electron chi connectivity index (χ0n) is 19.7. The van der Waals surface area contributed by atoms with Crippen LogP contribution in [0.4, 0.5) is 17.6 Å². The Labute approximate surface area is 220 Å². The molecule has 1 amide bonds. The minimum absolute atomic E-state index is 0.0107. The van der Waals surface area contributed by atoms with Gasteiger partial charge in [0.2, 0.25) is 0 Å². The number of rotatable bonds is 5. The van der Waals surface area contributed by atoms with Crippen LogP contribution in [0.25, 0.3) is 0 Å². The van der Waals surface area contributed by atoms with Crippen LogP contribution in [0.2, 0.25) is 10.0 Å². The summed E-state index contributed by atoms with van der Waals surface area (Å²) in [6.07, 6.45) is -3.32. The van der Waals surface area contributed by atoms with Crippen LogP contribution >= 0.6 is 23.2 Å². The molecule has 0 spiro atoms. The van der Waals surface area contributed by atoms with Crippen LogP contribution in [0, 0.1) is 17.1 Å². The number of amidine groups is 1. The fourth-order valence-electron chi connectivity index (χ4n) is 4.33. The van der Waals surface area contributed by atoms with E-state index in [1.165, 1.54) is 6.20 Å². The van der Waals surface area contributed by atoms with E-state index >= 15 is 0 Å². The number of carbonyl (C=O) groups excluding carboxylic acids is 1. The number of nitriles is 1. The zero-order chi connectivity index (χ0) is 27.2. The lowest BCUT2D eigenvalue weighted by Gasteiger charge is -2.30. The highest BCUT2D eigenvalue weighted by molar-refractivity contribution is 6.35. The monoisotopic (exact) mass is 557 g/mol. The van der Waals surface area contributed by atoms with Gasteiger partial charge < -0.3 is 15.1 Å². The number of nitrogens with one attached hydrogen (secondary N) is 1. The average Bonchev–Trinajstić information content (AvgIpc) is 3.50. The van der Waals surface area contributed by atoms with Crippen LogP contribution in [0.1, 0.15) is 60.3 Å². The molecule has 1 unspecified atom stereocenters. The molecule has 3 heterocycles. The lowest BCUT2D eigenvalue weighted by molar-refractivity contribution is -0.275. The Kier molecular flexibility index (Phi) is 7.03. The summed E-state index contributed by atoms with van der Waals surface area (Å²) in [4.78, 5) is 23.5. The van der Waals surface area contributed by atoms with E-state index in [0.29, 0.717) is 24.0 Å². The third-order valence-electron chi connectivity index (χ3n) is 6.80. The minimum Gasteiger partial charge on any atom is -0.372 e. The van der Waals surface area contributed by atoms with Gasteiger partial charge in [-0.1, -0.05) is 42.2 Å². The molecule has 13 heteroatoms. The quantitative estimate of drug-likeness (QED) is 0.368. The van der Waals surface area contributed by atoms with Gasteiger partial charge >= 0.3 is 6.18 Å². The van der Waals surface area contributed by atoms with Crippen molar-refractivity contribution in [3.8, 4) is 6.07 Å². The smallest absolute Gasteiger partial charge is 0.372 e. The molecule has 1 aromatic carbocycles. The van der Waals surface area contributed by atoms with Gasteiger partial charge in [0.1, 0.15) is 17.1 Å². The van der Waals surface area contributed by atoms with Crippen molar-refractivity contribution in [2.45, 2.75) is 63.5 Å². The van der Waals surface area contributed by atoms with Gasteiger partial charge in [0.25, 0.3) is 11.5 Å². The van der Waals surface area contributed by atoms with E-state index in [1.807, 2.05) is 0 Å². The van der Waals surface area contributed by atoms with Crippen molar-refractivity contribution in [3.05, 3.63) is 62.6 Å². The van der Waals surface area contributed by atoms with Crippen molar-refractivity contribution in [2.24, 2.45) is 5.16 Å². The number of pyridine rings is 1. The SMILES string of the molecule is CCC(C#N)(CC)NC(=O)c1cc2c(cn1)CN(C1=NOC(c3cc(Cl)c(F)c(Cl)c3)(C(F)(F)F)C1)C2. The van der Waals surface area contributed by atoms with Gasteiger partial charge in [-0.25, -0.2) is 4.39 Å². The predicted octanol–water partition coefficient (Wildman–Crippen LogP) is 5.85. The van der Waals surface area contributed by atoms with Crippen LogP contribution in [0.5, 0.6) is 0 Å². The lowest BCUT2D eigenvalue weighted by Crippen LogP contribution is -2.46. The molecule has 0 aliphatic carbocycles. The maximum Gasteiger partial charge on any atom is 0.435 e. The summed E-state index contributed by atoms with van der Waals surface area (Å²) >= 11 is 11.5. The van der Waals surface area contributed by atoms with E-state index in [1.54, 1.807) is 24.8 Å². The van der Waals surface area contributed by atoms with Crippen LogP contribution in [0.15, 0.2) is 29.6 Å². The lowest BCUT2D eigenvalue weighted by atomic mass is 9.89. The van der Waals surface area contributed by atoms with Gasteiger partial charge in [-0.15, -0.1) is 0 Å². The molecule has 0 fully saturated rings. The minimum atomic E-state index is -4.92. The topological polar surface area (TPSA) is 90.6 Å². The van der Waals surface area contributed by atoms with Crippen molar-refractivity contribution in [1.29, 1.82) is 5.26 Å². The molecule has 1 aromatic heterocycles. The summed E-state index contributed by atoms with van der Waals surface area (Å²) in [5.74, 6) is -1.54. The van der Waals surface area contributed by atoms with Gasteiger partial charge in [-0.3, -0.25) is 9.78 Å². The Hall–Kier alpha value is -3.10. The van der Waals surface area contributed by atoms with E-state index in [0.717, 1.165) is 12.1 Å². The Bertz CT molecular complexity index is 1300. The Morgan fingerprint density at radius 1 is 1.19 bits per heavy atom. The van der Waals surface area contributed by atoms with E-state index in [4.69, 9.17) is 28.0 Å². The summed E-state index contributed by atoms with van der Waals surface area (Å²) in [6.45, 7) is 3.93. The molecule has 2 aliphatic rings. The van der Waals surface area contributed by atoms with Crippen molar-refractivity contribution in [3.63, 3.8) is 0 Å². The third-order valence-corrected chi connectivity index (χ3v) is 7.35. The Morgan fingerprint density at radius 3 is 2.38 bits per heavy atom. The number of hydrogen-bond acceptors (Lipinski definition) is 6. The molecule has 4 rings (SSSR count). The second-order valence-electron chi connectivity index (χ2n) is 8.90. The zero-order valence-corrected chi connectivity index (χ0v) is 21.2. The Balaban J connectivity index is 1.55. The van der Waals surface area contributed by atoms with Crippen molar-refractivity contribution >= 4 is 34.9 Å². The number of halogens is 6.